The fourth-order valence-electron chi connectivity index (χ4n) is 1.59. The van der Waals surface area contributed by atoms with Crippen molar-refractivity contribution < 1.29 is 4.79 Å². The molecule has 0 spiro atoms. The lowest BCUT2D eigenvalue weighted by Crippen LogP contribution is -2.37. The predicted octanol–water partition coefficient (Wildman–Crippen LogP) is 0.405. The van der Waals surface area contributed by atoms with Gasteiger partial charge in [0.2, 0.25) is 11.9 Å². The van der Waals surface area contributed by atoms with Gasteiger partial charge >= 0.3 is 0 Å². The molecule has 7 nitrogen and oxygen atoms in total. The summed E-state index contributed by atoms with van der Waals surface area (Å²) in [6.45, 7) is 3.07. The SMILES string of the molecule is CCCN(CC(=O)N(C)C)c1cc(NC)nc(N)n1. The summed E-state index contributed by atoms with van der Waals surface area (Å²) in [5.74, 6) is 1.52. The summed E-state index contributed by atoms with van der Waals surface area (Å²) in [7, 11) is 5.24. The molecule has 106 valence electrons. The molecule has 0 saturated carbocycles. The van der Waals surface area contributed by atoms with Crippen LogP contribution in [0.25, 0.3) is 0 Å². The number of carbonyl (C=O) groups excluding carboxylic acids is 1. The number of hydrogen-bond acceptors (Lipinski definition) is 6. The topological polar surface area (TPSA) is 87.4 Å². The molecule has 0 fully saturated rings. The Kier molecular flexibility index (Phi) is 5.35. The monoisotopic (exact) mass is 266 g/mol. The summed E-state index contributed by atoms with van der Waals surface area (Å²) in [6, 6.07) is 1.79. The Morgan fingerprint density at radius 1 is 1.42 bits per heavy atom. The zero-order chi connectivity index (χ0) is 14.4. The largest absolute Gasteiger partial charge is 0.373 e. The van der Waals surface area contributed by atoms with E-state index in [1.807, 2.05) is 4.90 Å². The first-order valence-corrected chi connectivity index (χ1v) is 6.25. The van der Waals surface area contributed by atoms with Crippen molar-refractivity contribution in [2.24, 2.45) is 0 Å². The van der Waals surface area contributed by atoms with Crippen LogP contribution in [-0.4, -0.2) is 55.0 Å². The highest BCUT2D eigenvalue weighted by Gasteiger charge is 2.15. The van der Waals surface area contributed by atoms with Crippen LogP contribution in [-0.2, 0) is 4.79 Å². The molecule has 1 heterocycles. The first-order chi connectivity index (χ1) is 8.97. The van der Waals surface area contributed by atoms with Crippen LogP contribution in [0.3, 0.4) is 0 Å². The molecule has 1 amide bonds. The molecule has 0 aliphatic carbocycles. The molecule has 0 aliphatic rings. The fourth-order valence-corrected chi connectivity index (χ4v) is 1.59. The minimum atomic E-state index is 0.0247. The second-order valence-corrected chi connectivity index (χ2v) is 4.43. The average Bonchev–Trinajstić information content (AvgIpc) is 2.37. The van der Waals surface area contributed by atoms with Crippen LogP contribution in [0.5, 0.6) is 0 Å². The Hall–Kier alpha value is -2.05. The zero-order valence-electron chi connectivity index (χ0n) is 12.0. The van der Waals surface area contributed by atoms with Gasteiger partial charge in [0.25, 0.3) is 0 Å². The molecular formula is C12H22N6O. The van der Waals surface area contributed by atoms with Crippen LogP contribution in [0.15, 0.2) is 6.07 Å². The number of anilines is 3. The Morgan fingerprint density at radius 3 is 2.63 bits per heavy atom. The van der Waals surface area contributed by atoms with Gasteiger partial charge in [0.1, 0.15) is 11.6 Å². The van der Waals surface area contributed by atoms with E-state index < -0.39 is 0 Å². The van der Waals surface area contributed by atoms with Gasteiger partial charge in [-0.05, 0) is 6.42 Å². The van der Waals surface area contributed by atoms with Gasteiger partial charge in [0, 0.05) is 33.8 Å². The molecule has 1 aromatic rings. The number of likely N-dealkylation sites (N-methyl/N-ethyl adjacent to an activating group) is 1. The second kappa shape index (κ2) is 6.77. The first-order valence-electron chi connectivity index (χ1n) is 6.25. The summed E-state index contributed by atoms with van der Waals surface area (Å²) < 4.78 is 0. The number of nitrogen functional groups attached to an aromatic ring is 1. The number of carbonyl (C=O) groups is 1. The quantitative estimate of drug-likeness (QED) is 0.775. The third-order valence-corrected chi connectivity index (χ3v) is 2.63. The highest BCUT2D eigenvalue weighted by Crippen LogP contribution is 2.17. The molecule has 1 aromatic heterocycles. The maximum Gasteiger partial charge on any atom is 0.241 e. The van der Waals surface area contributed by atoms with E-state index in [0.29, 0.717) is 11.6 Å². The molecule has 0 unspecified atom stereocenters. The summed E-state index contributed by atoms with van der Waals surface area (Å²) in [5, 5.41) is 2.93. The van der Waals surface area contributed by atoms with Crippen molar-refractivity contribution in [3.05, 3.63) is 6.07 Å². The van der Waals surface area contributed by atoms with Crippen LogP contribution >= 0.6 is 0 Å². The van der Waals surface area contributed by atoms with E-state index >= 15 is 0 Å². The number of nitrogens with two attached hydrogens (primary N) is 1. The molecule has 19 heavy (non-hydrogen) atoms. The van der Waals surface area contributed by atoms with E-state index in [9.17, 15) is 4.79 Å². The summed E-state index contributed by atoms with van der Waals surface area (Å²) >= 11 is 0. The maximum atomic E-state index is 11.8. The number of rotatable bonds is 6. The van der Waals surface area contributed by atoms with E-state index in [1.165, 1.54) is 0 Å². The highest BCUT2D eigenvalue weighted by molar-refractivity contribution is 5.80. The number of aromatic nitrogens is 2. The standard InChI is InChI=1S/C12H22N6O/c1-5-6-18(8-11(19)17(3)4)10-7-9(14-2)15-12(13)16-10/h7H,5-6,8H2,1-4H3,(H3,13,14,15,16). The van der Waals surface area contributed by atoms with Crippen molar-refractivity contribution in [2.45, 2.75) is 13.3 Å². The third-order valence-electron chi connectivity index (χ3n) is 2.63. The van der Waals surface area contributed by atoms with E-state index in [0.717, 1.165) is 13.0 Å². The summed E-state index contributed by atoms with van der Waals surface area (Å²) in [4.78, 5) is 23.5. The Balaban J connectivity index is 2.97. The smallest absolute Gasteiger partial charge is 0.241 e. The molecule has 0 aliphatic heterocycles. The van der Waals surface area contributed by atoms with Gasteiger partial charge in [-0.3, -0.25) is 4.79 Å². The molecule has 0 saturated heterocycles. The normalized spacial score (nSPS) is 10.1. The minimum Gasteiger partial charge on any atom is -0.373 e. The van der Waals surface area contributed by atoms with Crippen molar-refractivity contribution in [3.63, 3.8) is 0 Å². The van der Waals surface area contributed by atoms with Crippen LogP contribution in [0.2, 0.25) is 0 Å². The molecule has 0 radical (unpaired) electrons. The molecule has 0 atom stereocenters. The van der Waals surface area contributed by atoms with Gasteiger partial charge in [0.05, 0.1) is 6.54 Å². The van der Waals surface area contributed by atoms with Crippen molar-refractivity contribution in [3.8, 4) is 0 Å². The number of hydrogen-bond donors (Lipinski definition) is 2. The van der Waals surface area contributed by atoms with E-state index in [4.69, 9.17) is 5.73 Å². The fraction of sp³-hybridized carbons (Fsp3) is 0.583. The van der Waals surface area contributed by atoms with E-state index in [1.54, 1.807) is 32.1 Å². The summed E-state index contributed by atoms with van der Waals surface area (Å²) in [5.41, 5.74) is 5.68. The third kappa shape index (κ3) is 4.27. The van der Waals surface area contributed by atoms with Gasteiger partial charge < -0.3 is 20.9 Å². The molecule has 1 rings (SSSR count). The van der Waals surface area contributed by atoms with E-state index in [2.05, 4.69) is 22.2 Å². The Labute approximate surface area is 113 Å². The summed E-state index contributed by atoms with van der Waals surface area (Å²) in [6.07, 6.45) is 0.916. The van der Waals surface area contributed by atoms with Crippen molar-refractivity contribution >= 4 is 23.5 Å². The number of nitrogens with zero attached hydrogens (tertiary/aromatic N) is 4. The lowest BCUT2D eigenvalue weighted by molar-refractivity contribution is -0.127. The lowest BCUT2D eigenvalue weighted by Gasteiger charge is -2.24. The van der Waals surface area contributed by atoms with Crippen LogP contribution in [0.1, 0.15) is 13.3 Å². The predicted molar refractivity (Wildman–Crippen MR) is 77.2 cm³/mol. The molecule has 0 bridgehead atoms. The first kappa shape index (κ1) is 15.0. The molecule has 0 aromatic carbocycles. The second-order valence-electron chi connectivity index (χ2n) is 4.43. The van der Waals surface area contributed by atoms with Crippen LogP contribution in [0, 0.1) is 0 Å². The maximum absolute atomic E-state index is 11.8. The van der Waals surface area contributed by atoms with Crippen molar-refractivity contribution in [2.75, 3.05) is 50.2 Å². The van der Waals surface area contributed by atoms with Crippen LogP contribution < -0.4 is 16.0 Å². The van der Waals surface area contributed by atoms with Crippen molar-refractivity contribution in [1.82, 2.24) is 14.9 Å². The van der Waals surface area contributed by atoms with Crippen molar-refractivity contribution in [1.29, 1.82) is 0 Å². The molecular weight excluding hydrogens is 244 g/mol. The van der Waals surface area contributed by atoms with Crippen LogP contribution in [0.4, 0.5) is 17.6 Å². The van der Waals surface area contributed by atoms with Gasteiger partial charge in [-0.2, -0.15) is 9.97 Å². The number of nitrogens with one attached hydrogen (secondary N) is 1. The lowest BCUT2D eigenvalue weighted by atomic mass is 10.3. The van der Waals surface area contributed by atoms with Gasteiger partial charge in [-0.1, -0.05) is 6.92 Å². The highest BCUT2D eigenvalue weighted by atomic mass is 16.2. The zero-order valence-corrected chi connectivity index (χ0v) is 12.0. The van der Waals surface area contributed by atoms with Gasteiger partial charge in [-0.25, -0.2) is 0 Å². The van der Waals surface area contributed by atoms with Gasteiger partial charge in [-0.15, -0.1) is 0 Å². The van der Waals surface area contributed by atoms with E-state index in [-0.39, 0.29) is 18.4 Å². The molecule has 3 N–H and O–H groups in total. The minimum absolute atomic E-state index is 0.0247. The molecule has 7 heteroatoms. The number of amides is 1. The Bertz CT molecular complexity index is 434. The average molecular weight is 266 g/mol. The van der Waals surface area contributed by atoms with Gasteiger partial charge in [0.15, 0.2) is 0 Å². The Morgan fingerprint density at radius 2 is 2.11 bits per heavy atom.